The van der Waals surface area contributed by atoms with E-state index in [4.69, 9.17) is 15.0 Å². The molecule has 0 aliphatic heterocycles. The molecule has 0 radical (unpaired) electrons. The minimum absolute atomic E-state index is 0.603. The number of hydrogen-bond donors (Lipinski definition) is 0. The van der Waals surface area contributed by atoms with Crippen molar-refractivity contribution < 1.29 is 0 Å². The van der Waals surface area contributed by atoms with E-state index < -0.39 is 0 Å². The second-order valence-electron chi connectivity index (χ2n) is 27.9. The molecule has 7 unspecified atom stereocenters. The Kier molecular flexibility index (Phi) is 13.3. The van der Waals surface area contributed by atoms with Crippen LogP contribution < -0.4 is 0 Å². The Morgan fingerprint density at radius 1 is 0.345 bits per heavy atom. The molecule has 3 heterocycles. The van der Waals surface area contributed by atoms with Crippen molar-refractivity contribution in [1.29, 1.82) is 0 Å². The Morgan fingerprint density at radius 3 is 1.30 bits per heavy atom. The molecule has 8 bridgehead atoms. The van der Waals surface area contributed by atoms with E-state index in [1.165, 1.54) is 140 Å². The van der Waals surface area contributed by atoms with Gasteiger partial charge >= 0.3 is 0 Å². The zero-order valence-electron chi connectivity index (χ0n) is 50.6. The Morgan fingerprint density at radius 2 is 0.793 bits per heavy atom. The van der Waals surface area contributed by atoms with Gasteiger partial charge in [-0.1, -0.05) is 166 Å². The van der Waals surface area contributed by atoms with E-state index in [2.05, 4.69) is 221 Å². The Hall–Kier alpha value is -8.27. The third-order valence-corrected chi connectivity index (χ3v) is 22.4. The molecule has 8 aliphatic rings. The number of rotatable bonds is 10. The summed E-state index contributed by atoms with van der Waals surface area (Å²) in [5.74, 6) is 6.78. The van der Waals surface area contributed by atoms with Gasteiger partial charge in [0.1, 0.15) is 0 Å². The fourth-order valence-corrected chi connectivity index (χ4v) is 18.5. The normalized spacial score (nSPS) is 23.8. The average Bonchev–Trinajstić information content (AvgIpc) is 2.54. The van der Waals surface area contributed by atoms with Crippen LogP contribution in [-0.2, 0) is 0 Å². The molecule has 3 aromatic heterocycles. The molecule has 18 rings (SSSR count). The second-order valence-corrected chi connectivity index (χ2v) is 27.9. The highest BCUT2D eigenvalue weighted by atomic mass is 14.7. The van der Waals surface area contributed by atoms with Crippen molar-refractivity contribution in [3.63, 3.8) is 0 Å². The fraction of sp³-hybridized carbons (Fsp3) is 0.298. The first kappa shape index (κ1) is 53.0. The highest BCUT2D eigenvalue weighted by molar-refractivity contribution is 5.94. The molecule has 7 aromatic carbocycles. The number of hydrogen-bond acceptors (Lipinski definition) is 3. The van der Waals surface area contributed by atoms with Crippen LogP contribution in [0.5, 0.6) is 0 Å². The molecule has 428 valence electrons. The van der Waals surface area contributed by atoms with E-state index in [9.17, 15) is 0 Å². The van der Waals surface area contributed by atoms with Crippen LogP contribution >= 0.6 is 0 Å². The van der Waals surface area contributed by atoms with Crippen molar-refractivity contribution in [1.82, 2.24) is 15.0 Å². The molecule has 0 N–H and O–H groups in total. The van der Waals surface area contributed by atoms with Gasteiger partial charge in [-0.3, -0.25) is 15.0 Å². The predicted octanol–water partition coefficient (Wildman–Crippen LogP) is 22.7. The fourth-order valence-electron chi connectivity index (χ4n) is 18.5. The van der Waals surface area contributed by atoms with Crippen molar-refractivity contribution in [2.24, 2.45) is 23.7 Å². The third-order valence-electron chi connectivity index (χ3n) is 22.4. The van der Waals surface area contributed by atoms with E-state index in [0.717, 1.165) is 91.2 Å². The van der Waals surface area contributed by atoms with Crippen molar-refractivity contribution >= 4 is 6.08 Å². The van der Waals surface area contributed by atoms with Crippen LogP contribution in [0, 0.1) is 23.7 Å². The van der Waals surface area contributed by atoms with Crippen LogP contribution in [0.4, 0.5) is 0 Å². The van der Waals surface area contributed by atoms with Gasteiger partial charge in [-0.25, -0.2) is 0 Å². The van der Waals surface area contributed by atoms with E-state index in [1.54, 1.807) is 27.8 Å². The lowest BCUT2D eigenvalue weighted by atomic mass is 9.67. The van der Waals surface area contributed by atoms with Gasteiger partial charge in [0, 0.05) is 52.0 Å². The zero-order valence-corrected chi connectivity index (χ0v) is 50.6. The van der Waals surface area contributed by atoms with Crippen LogP contribution in [0.2, 0.25) is 0 Å². The summed E-state index contributed by atoms with van der Waals surface area (Å²) in [6.45, 7) is 4.80. The maximum atomic E-state index is 5.28. The quantitative estimate of drug-likeness (QED) is 0.137. The minimum atomic E-state index is 0.603. The first-order valence-corrected chi connectivity index (χ1v) is 33.3. The number of fused-ring (bicyclic) bond motifs is 8. The maximum absolute atomic E-state index is 5.28. The van der Waals surface area contributed by atoms with Gasteiger partial charge < -0.3 is 0 Å². The van der Waals surface area contributed by atoms with Crippen LogP contribution in [0.1, 0.15) is 167 Å². The van der Waals surface area contributed by atoms with Crippen LogP contribution in [0.15, 0.2) is 206 Å². The van der Waals surface area contributed by atoms with E-state index in [1.807, 2.05) is 0 Å². The molecule has 0 saturated heterocycles. The maximum Gasteiger partial charge on any atom is 0.0702 e. The smallest absolute Gasteiger partial charge is 0.0702 e. The van der Waals surface area contributed by atoms with Crippen molar-refractivity contribution in [3.05, 3.63) is 240 Å². The van der Waals surface area contributed by atoms with Crippen molar-refractivity contribution in [2.75, 3.05) is 0 Å². The molecule has 7 atom stereocenters. The molecule has 3 heteroatoms. The Bertz CT molecular complexity index is 4300. The van der Waals surface area contributed by atoms with Crippen LogP contribution in [0.25, 0.3) is 107 Å². The largest absolute Gasteiger partial charge is 0.256 e. The molecule has 8 aliphatic carbocycles. The Labute approximate surface area is 515 Å². The van der Waals surface area contributed by atoms with Crippen molar-refractivity contribution in [2.45, 2.75) is 133 Å². The standard InChI is InChI=1S/C84H77N3/c1-3-56-34-52-11-10-12-57(35-52)77-26-21-60(46-80(56)77)83-29-24-63(49-86-83)72-14-5-8-17-75(72)69-42-68(74-16-7-4-13-71(74)62-23-28-82(85-48-62)59-20-19-58-36-53-31-51(2)32-65(37-53)79(58)45-59)43-70(44-69)76-18-9-6-15-73(76)64-25-30-84(87-50-64)61-22-27-78-66-38-54-33-55(39-66)41-67(40-54)81(78)47-61/h4-9,13-30,36,42-52,54-57,65-67H,3,10-12,31-35,37-41H2,1-2H3. The van der Waals surface area contributed by atoms with Gasteiger partial charge in [-0.05, 0) is 268 Å². The molecule has 0 amide bonds. The monoisotopic (exact) mass is 1130 g/mol. The number of benzene rings is 7. The highest BCUT2D eigenvalue weighted by Gasteiger charge is 2.42. The summed E-state index contributed by atoms with van der Waals surface area (Å²) >= 11 is 0. The molecule has 10 aromatic rings. The lowest BCUT2D eigenvalue weighted by Crippen LogP contribution is -2.25. The first-order valence-electron chi connectivity index (χ1n) is 33.3. The topological polar surface area (TPSA) is 38.7 Å². The van der Waals surface area contributed by atoms with E-state index >= 15 is 0 Å². The second kappa shape index (κ2) is 21.8. The third kappa shape index (κ3) is 9.76. The van der Waals surface area contributed by atoms with Crippen molar-refractivity contribution in [3.8, 4) is 101 Å². The summed E-state index contributed by atoms with van der Waals surface area (Å²) in [7, 11) is 0. The van der Waals surface area contributed by atoms with E-state index in [0.29, 0.717) is 23.7 Å². The summed E-state index contributed by atoms with van der Waals surface area (Å²) in [5.41, 5.74) is 31.5. The molecular formula is C84H77N3. The van der Waals surface area contributed by atoms with Gasteiger partial charge in [0.2, 0.25) is 0 Å². The van der Waals surface area contributed by atoms with Gasteiger partial charge in [0.15, 0.2) is 0 Å². The van der Waals surface area contributed by atoms with Crippen LogP contribution in [0.3, 0.4) is 0 Å². The minimum Gasteiger partial charge on any atom is -0.256 e. The molecule has 0 spiro atoms. The van der Waals surface area contributed by atoms with Gasteiger partial charge in [-0.15, -0.1) is 0 Å². The van der Waals surface area contributed by atoms with E-state index in [-0.39, 0.29) is 0 Å². The van der Waals surface area contributed by atoms with Gasteiger partial charge in [-0.2, -0.15) is 0 Å². The first-order chi connectivity index (χ1) is 42.9. The molecule has 4 fully saturated rings. The molecule has 3 nitrogen and oxygen atoms in total. The molecule has 87 heavy (non-hydrogen) atoms. The summed E-state index contributed by atoms with van der Waals surface area (Å²) in [6, 6.07) is 69.4. The van der Waals surface area contributed by atoms with Gasteiger partial charge in [0.25, 0.3) is 0 Å². The summed E-state index contributed by atoms with van der Waals surface area (Å²) in [6.07, 6.45) is 27.4. The number of pyridine rings is 3. The van der Waals surface area contributed by atoms with Gasteiger partial charge in [0.05, 0.1) is 17.1 Å². The number of nitrogens with zero attached hydrogens (tertiary/aromatic N) is 3. The summed E-state index contributed by atoms with van der Waals surface area (Å²) in [5, 5.41) is 0. The zero-order chi connectivity index (χ0) is 57.7. The highest BCUT2D eigenvalue weighted by Crippen LogP contribution is 2.57. The lowest BCUT2D eigenvalue weighted by Gasteiger charge is -2.38. The summed E-state index contributed by atoms with van der Waals surface area (Å²) < 4.78 is 0. The lowest BCUT2D eigenvalue weighted by molar-refractivity contribution is 0.166. The average molecular weight is 1130 g/mol. The predicted molar refractivity (Wildman–Crippen MR) is 360 cm³/mol. The number of aromatic nitrogens is 3. The SMILES string of the molecule is CCC1CC2CCCC(C2)c2ccc(-c3ccc(-c4ccccc4-c4cc(-c5ccccc5-c5ccc(-c6ccc7c(c6)C6CC(=C7)CC(C)C6)nc5)cc(-c5ccccc5-c5ccc(-c6ccc7c(c6)C6CC8CC(CC7C8)C6)nc5)c4)cn3)cc21. The number of allylic oxidation sites excluding steroid dienone is 1. The Balaban J connectivity index is 0.742. The van der Waals surface area contributed by atoms with Crippen LogP contribution in [-0.4, -0.2) is 15.0 Å². The molecule has 4 saturated carbocycles. The summed E-state index contributed by atoms with van der Waals surface area (Å²) in [4.78, 5) is 15.8. The molecular weight excluding hydrogens is 1050 g/mol.